The lowest BCUT2D eigenvalue weighted by Gasteiger charge is -2.20. The van der Waals surface area contributed by atoms with Crippen molar-refractivity contribution in [2.75, 3.05) is 31.1 Å². The average molecular weight is 377 g/mol. The fourth-order valence-electron chi connectivity index (χ4n) is 3.17. The first kappa shape index (κ1) is 18.4. The van der Waals surface area contributed by atoms with E-state index in [0.717, 1.165) is 38.1 Å². The van der Waals surface area contributed by atoms with Crippen molar-refractivity contribution in [1.82, 2.24) is 4.90 Å². The molecule has 2 saturated heterocycles. The highest BCUT2D eigenvalue weighted by Gasteiger charge is 2.34. The van der Waals surface area contributed by atoms with Crippen molar-refractivity contribution in [3.05, 3.63) is 34.7 Å². The fourth-order valence-corrected chi connectivity index (χ4v) is 4.45. The van der Waals surface area contributed by atoms with Crippen LogP contribution in [0.3, 0.4) is 0 Å². The zero-order valence-electron chi connectivity index (χ0n) is 14.7. The molecule has 0 N–H and O–H groups in total. The number of nitrogens with zero attached hydrogens (tertiary/aromatic N) is 2. The minimum absolute atomic E-state index is 0.00156. The Hall–Kier alpha value is -1.37. The topological polar surface area (TPSA) is 32.8 Å². The second-order valence-electron chi connectivity index (χ2n) is 6.19. The zero-order chi connectivity index (χ0) is 17.8. The molecular formula is C19H24N2O2S2. The van der Waals surface area contributed by atoms with Crippen LogP contribution in [0.25, 0.3) is 6.08 Å². The van der Waals surface area contributed by atoms with Gasteiger partial charge in [0.25, 0.3) is 5.91 Å². The molecule has 1 aromatic rings. The van der Waals surface area contributed by atoms with Gasteiger partial charge in [0.1, 0.15) is 4.32 Å². The minimum Gasteiger partial charge on any atom is -0.376 e. The number of anilines is 1. The largest absolute Gasteiger partial charge is 0.376 e. The summed E-state index contributed by atoms with van der Waals surface area (Å²) in [6.07, 6.45) is 4.12. The highest BCUT2D eigenvalue weighted by atomic mass is 32.2. The molecule has 2 aliphatic heterocycles. The van der Waals surface area contributed by atoms with Crippen LogP contribution in [-0.2, 0) is 9.53 Å². The SMILES string of the molecule is CCN(CC)c1ccc(/C=C2/SC(=S)N(C[C@@H]3CCCO3)C2=O)cc1. The van der Waals surface area contributed by atoms with Gasteiger partial charge in [0.15, 0.2) is 0 Å². The molecule has 0 radical (unpaired) electrons. The van der Waals surface area contributed by atoms with Gasteiger partial charge >= 0.3 is 0 Å². The number of amides is 1. The van der Waals surface area contributed by atoms with Crippen LogP contribution in [-0.4, -0.2) is 47.5 Å². The van der Waals surface area contributed by atoms with Crippen LogP contribution in [0.2, 0.25) is 0 Å². The van der Waals surface area contributed by atoms with E-state index >= 15 is 0 Å². The van der Waals surface area contributed by atoms with Gasteiger partial charge in [-0.15, -0.1) is 0 Å². The Kier molecular flexibility index (Phi) is 6.15. The summed E-state index contributed by atoms with van der Waals surface area (Å²) in [5, 5.41) is 0. The number of thiocarbonyl (C=S) groups is 1. The summed E-state index contributed by atoms with van der Waals surface area (Å²) in [6.45, 7) is 7.63. The Bertz CT molecular complexity index is 663. The van der Waals surface area contributed by atoms with E-state index < -0.39 is 0 Å². The molecule has 4 nitrogen and oxygen atoms in total. The lowest BCUT2D eigenvalue weighted by Crippen LogP contribution is -2.35. The van der Waals surface area contributed by atoms with Gasteiger partial charge in [-0.25, -0.2) is 0 Å². The molecule has 1 atom stereocenters. The number of carbonyl (C=O) groups excluding carboxylic acids is 1. The third kappa shape index (κ3) is 4.25. The summed E-state index contributed by atoms with van der Waals surface area (Å²) in [4.78, 5) is 17.3. The maximum Gasteiger partial charge on any atom is 0.266 e. The third-order valence-electron chi connectivity index (χ3n) is 4.60. The van der Waals surface area contributed by atoms with Crippen molar-refractivity contribution in [3.63, 3.8) is 0 Å². The highest BCUT2D eigenvalue weighted by molar-refractivity contribution is 8.26. The van der Waals surface area contributed by atoms with Gasteiger partial charge in [-0.1, -0.05) is 36.1 Å². The van der Waals surface area contributed by atoms with E-state index in [1.807, 2.05) is 6.08 Å². The lowest BCUT2D eigenvalue weighted by atomic mass is 10.1. The van der Waals surface area contributed by atoms with Gasteiger partial charge in [-0.05, 0) is 50.5 Å². The molecular weight excluding hydrogens is 352 g/mol. The van der Waals surface area contributed by atoms with Crippen molar-refractivity contribution in [3.8, 4) is 0 Å². The molecule has 0 unspecified atom stereocenters. The smallest absolute Gasteiger partial charge is 0.266 e. The molecule has 0 aromatic heterocycles. The molecule has 134 valence electrons. The van der Waals surface area contributed by atoms with Crippen LogP contribution in [0.4, 0.5) is 5.69 Å². The second kappa shape index (κ2) is 8.34. The molecule has 2 aliphatic rings. The van der Waals surface area contributed by atoms with E-state index in [-0.39, 0.29) is 12.0 Å². The molecule has 6 heteroatoms. The summed E-state index contributed by atoms with van der Waals surface area (Å²) < 4.78 is 6.27. The van der Waals surface area contributed by atoms with Crippen LogP contribution in [0, 0.1) is 0 Å². The number of carbonyl (C=O) groups is 1. The van der Waals surface area contributed by atoms with Crippen molar-refractivity contribution < 1.29 is 9.53 Å². The molecule has 1 aromatic carbocycles. The van der Waals surface area contributed by atoms with E-state index in [4.69, 9.17) is 17.0 Å². The second-order valence-corrected chi connectivity index (χ2v) is 7.87. The van der Waals surface area contributed by atoms with Gasteiger partial charge in [0.2, 0.25) is 0 Å². The van der Waals surface area contributed by atoms with E-state index in [1.54, 1.807) is 4.90 Å². The van der Waals surface area contributed by atoms with Crippen LogP contribution in [0.15, 0.2) is 29.2 Å². The maximum absolute atomic E-state index is 12.7. The number of benzene rings is 1. The van der Waals surface area contributed by atoms with Crippen LogP contribution >= 0.6 is 24.0 Å². The minimum atomic E-state index is -0.00156. The van der Waals surface area contributed by atoms with Crippen LogP contribution in [0.5, 0.6) is 0 Å². The monoisotopic (exact) mass is 376 g/mol. The van der Waals surface area contributed by atoms with Crippen molar-refractivity contribution in [2.45, 2.75) is 32.8 Å². The maximum atomic E-state index is 12.7. The fraction of sp³-hybridized carbons (Fsp3) is 0.474. The summed E-state index contributed by atoms with van der Waals surface area (Å²) in [6, 6.07) is 8.32. The Morgan fingerprint density at radius 1 is 1.32 bits per heavy atom. The predicted molar refractivity (Wildman–Crippen MR) is 109 cm³/mol. The standard InChI is InChI=1S/C19H24N2O2S2/c1-3-20(4-2)15-9-7-14(8-10-15)12-17-18(22)21(19(24)25-17)13-16-6-5-11-23-16/h7-10,12,16H,3-6,11,13H2,1-2H3/b17-12+/t16-/m0/s1. The average Bonchev–Trinajstić information content (AvgIpc) is 3.22. The van der Waals surface area contributed by atoms with Crippen molar-refractivity contribution in [1.29, 1.82) is 0 Å². The number of hydrogen-bond acceptors (Lipinski definition) is 5. The van der Waals surface area contributed by atoms with E-state index in [1.165, 1.54) is 17.4 Å². The van der Waals surface area contributed by atoms with E-state index in [2.05, 4.69) is 43.0 Å². The van der Waals surface area contributed by atoms with Crippen molar-refractivity contribution in [2.24, 2.45) is 0 Å². The number of ether oxygens (including phenoxy) is 1. The van der Waals surface area contributed by atoms with Gasteiger partial charge in [-0.2, -0.15) is 0 Å². The first-order valence-electron chi connectivity index (χ1n) is 8.84. The van der Waals surface area contributed by atoms with Gasteiger partial charge < -0.3 is 9.64 Å². The molecule has 0 spiro atoms. The quantitative estimate of drug-likeness (QED) is 0.555. The first-order valence-corrected chi connectivity index (χ1v) is 10.1. The Balaban J connectivity index is 1.70. The number of thioether (sulfide) groups is 1. The van der Waals surface area contributed by atoms with Gasteiger partial charge in [0, 0.05) is 25.4 Å². The molecule has 3 rings (SSSR count). The van der Waals surface area contributed by atoms with Gasteiger partial charge in [0.05, 0.1) is 17.6 Å². The molecule has 2 heterocycles. The Morgan fingerprint density at radius 2 is 2.04 bits per heavy atom. The summed E-state index contributed by atoms with van der Waals surface area (Å²) in [5.41, 5.74) is 2.22. The Labute approximate surface area is 159 Å². The van der Waals surface area contributed by atoms with E-state index in [0.29, 0.717) is 15.8 Å². The predicted octanol–water partition coefficient (Wildman–Crippen LogP) is 3.91. The molecule has 0 saturated carbocycles. The number of hydrogen-bond donors (Lipinski definition) is 0. The molecule has 1 amide bonds. The molecule has 2 fully saturated rings. The summed E-state index contributed by atoms with van der Waals surface area (Å²) in [5.74, 6) is -0.00156. The normalized spacial score (nSPS) is 22.2. The lowest BCUT2D eigenvalue weighted by molar-refractivity contribution is -0.123. The molecule has 0 bridgehead atoms. The number of rotatable bonds is 6. The van der Waals surface area contributed by atoms with Gasteiger partial charge in [-0.3, -0.25) is 9.69 Å². The van der Waals surface area contributed by atoms with Crippen LogP contribution in [0.1, 0.15) is 32.3 Å². The molecule has 0 aliphatic carbocycles. The third-order valence-corrected chi connectivity index (χ3v) is 5.98. The zero-order valence-corrected chi connectivity index (χ0v) is 16.4. The molecule has 25 heavy (non-hydrogen) atoms. The van der Waals surface area contributed by atoms with Crippen LogP contribution < -0.4 is 4.90 Å². The van der Waals surface area contributed by atoms with Crippen molar-refractivity contribution >= 4 is 46.0 Å². The van der Waals surface area contributed by atoms with E-state index in [9.17, 15) is 4.79 Å². The first-order chi connectivity index (χ1) is 12.1. The summed E-state index contributed by atoms with van der Waals surface area (Å²) >= 11 is 6.78. The Morgan fingerprint density at radius 3 is 2.64 bits per heavy atom. The highest BCUT2D eigenvalue weighted by Crippen LogP contribution is 2.33. The summed E-state index contributed by atoms with van der Waals surface area (Å²) in [7, 11) is 0.